The molecule has 1 aliphatic rings. The van der Waals surface area contributed by atoms with Crippen LogP contribution in [-0.2, 0) is 4.18 Å². The first-order valence-corrected chi connectivity index (χ1v) is 4.09. The zero-order chi connectivity index (χ0) is 6.69. The molecule has 52 valence electrons. The minimum Gasteiger partial charge on any atom is -0.392 e. The van der Waals surface area contributed by atoms with Crippen molar-refractivity contribution in [2.45, 2.75) is 18.1 Å². The first kappa shape index (κ1) is 7.31. The van der Waals surface area contributed by atoms with Crippen LogP contribution in [0.5, 0.6) is 0 Å². The molecule has 1 aliphatic heterocycles. The van der Waals surface area contributed by atoms with Gasteiger partial charge in [0, 0.05) is 12.0 Å². The fourth-order valence-electron chi connectivity index (χ4n) is 0.696. The van der Waals surface area contributed by atoms with Crippen molar-refractivity contribution in [3.63, 3.8) is 0 Å². The molecule has 0 aliphatic carbocycles. The van der Waals surface area contributed by atoms with E-state index in [-0.39, 0.29) is 5.25 Å². The normalized spacial score (nSPS) is 27.8. The van der Waals surface area contributed by atoms with Crippen LogP contribution < -0.4 is 5.73 Å². The third-order valence-corrected chi connectivity index (χ3v) is 2.65. The van der Waals surface area contributed by atoms with Crippen LogP contribution in [0.2, 0.25) is 0 Å². The Bertz CT molecular complexity index is 112. The van der Waals surface area contributed by atoms with E-state index in [0.717, 1.165) is 19.4 Å². The lowest BCUT2D eigenvalue weighted by molar-refractivity contribution is 0.340. The lowest BCUT2D eigenvalue weighted by Crippen LogP contribution is -2.26. The van der Waals surface area contributed by atoms with E-state index in [0.29, 0.717) is 4.99 Å². The maximum atomic E-state index is 5.40. The predicted molar refractivity (Wildman–Crippen MR) is 43.4 cm³/mol. The molecule has 0 bridgehead atoms. The first-order chi connectivity index (χ1) is 4.30. The van der Waals surface area contributed by atoms with Crippen molar-refractivity contribution < 1.29 is 4.18 Å². The Morgan fingerprint density at radius 1 is 1.78 bits per heavy atom. The molecule has 0 aromatic rings. The van der Waals surface area contributed by atoms with Gasteiger partial charge in [-0.15, -0.1) is 0 Å². The van der Waals surface area contributed by atoms with Crippen molar-refractivity contribution in [2.75, 3.05) is 6.61 Å². The van der Waals surface area contributed by atoms with Gasteiger partial charge in [0.25, 0.3) is 0 Å². The zero-order valence-corrected chi connectivity index (χ0v) is 6.63. The minimum absolute atomic E-state index is 0.258. The minimum atomic E-state index is 0.258. The van der Waals surface area contributed by atoms with Gasteiger partial charge in [0.2, 0.25) is 0 Å². The van der Waals surface area contributed by atoms with E-state index in [1.54, 1.807) is 0 Å². The molecular formula is C5H9NOS2. The summed E-state index contributed by atoms with van der Waals surface area (Å²) in [6.07, 6.45) is 2.15. The molecule has 1 heterocycles. The molecule has 0 spiro atoms. The van der Waals surface area contributed by atoms with Crippen LogP contribution in [0.3, 0.4) is 0 Å². The van der Waals surface area contributed by atoms with Gasteiger partial charge in [0.05, 0.1) is 16.8 Å². The molecule has 1 unspecified atom stereocenters. The van der Waals surface area contributed by atoms with E-state index in [2.05, 4.69) is 0 Å². The highest BCUT2D eigenvalue weighted by atomic mass is 32.2. The summed E-state index contributed by atoms with van der Waals surface area (Å²) in [6.45, 7) is 0.837. The zero-order valence-electron chi connectivity index (χ0n) is 5.00. The molecule has 1 rings (SSSR count). The van der Waals surface area contributed by atoms with Crippen molar-refractivity contribution in [2.24, 2.45) is 5.73 Å². The fraction of sp³-hybridized carbons (Fsp3) is 0.800. The second kappa shape index (κ2) is 3.39. The smallest absolute Gasteiger partial charge is 0.0882 e. The molecule has 1 fully saturated rings. The van der Waals surface area contributed by atoms with Crippen molar-refractivity contribution in [3.05, 3.63) is 0 Å². The highest BCUT2D eigenvalue weighted by Gasteiger charge is 2.16. The standard InChI is InChI=1S/C5H9NOS2/c6-5(8)4-2-1-3-7-9-4/h4H,1-3H2,(H2,6,8). The number of nitrogens with two attached hydrogens (primary N) is 1. The third kappa shape index (κ3) is 2.12. The average molecular weight is 163 g/mol. The van der Waals surface area contributed by atoms with Crippen molar-refractivity contribution >= 4 is 29.2 Å². The van der Waals surface area contributed by atoms with Crippen LogP contribution in [0.15, 0.2) is 0 Å². The van der Waals surface area contributed by atoms with Crippen LogP contribution >= 0.6 is 24.3 Å². The largest absolute Gasteiger partial charge is 0.392 e. The quantitative estimate of drug-likeness (QED) is 0.464. The highest BCUT2D eigenvalue weighted by Crippen LogP contribution is 2.23. The molecule has 2 nitrogen and oxygen atoms in total. The summed E-state index contributed by atoms with van der Waals surface area (Å²) in [5.41, 5.74) is 5.40. The van der Waals surface area contributed by atoms with Gasteiger partial charge in [-0.3, -0.25) is 0 Å². The SMILES string of the molecule is NC(=S)C1CCCOS1. The van der Waals surface area contributed by atoms with Gasteiger partial charge in [-0.2, -0.15) is 0 Å². The molecule has 0 aromatic carbocycles. The molecule has 4 heteroatoms. The molecule has 1 atom stereocenters. The Kier molecular flexibility index (Phi) is 2.75. The monoisotopic (exact) mass is 163 g/mol. The van der Waals surface area contributed by atoms with Crippen molar-refractivity contribution in [1.82, 2.24) is 0 Å². The fourth-order valence-corrected chi connectivity index (χ4v) is 1.67. The summed E-state index contributed by atoms with van der Waals surface area (Å²) in [7, 11) is 0. The maximum Gasteiger partial charge on any atom is 0.0882 e. The van der Waals surface area contributed by atoms with Crippen LogP contribution in [0, 0.1) is 0 Å². The van der Waals surface area contributed by atoms with E-state index in [1.165, 1.54) is 12.0 Å². The number of thiocarbonyl (C=S) groups is 1. The van der Waals surface area contributed by atoms with Crippen molar-refractivity contribution in [1.29, 1.82) is 0 Å². The molecule has 9 heavy (non-hydrogen) atoms. The van der Waals surface area contributed by atoms with Gasteiger partial charge in [-0.25, -0.2) is 0 Å². The van der Waals surface area contributed by atoms with Crippen LogP contribution in [0.25, 0.3) is 0 Å². The molecule has 0 amide bonds. The summed E-state index contributed by atoms with van der Waals surface area (Å²) in [4.78, 5) is 0.569. The summed E-state index contributed by atoms with van der Waals surface area (Å²) in [6, 6.07) is 0. The third-order valence-electron chi connectivity index (χ3n) is 1.20. The number of hydrogen-bond acceptors (Lipinski definition) is 3. The molecule has 0 saturated carbocycles. The maximum absolute atomic E-state index is 5.40. The Morgan fingerprint density at radius 3 is 2.89 bits per heavy atom. The summed E-state index contributed by atoms with van der Waals surface area (Å²) in [5.74, 6) is 0. The second-order valence-electron chi connectivity index (χ2n) is 1.95. The summed E-state index contributed by atoms with van der Waals surface area (Å²) in [5, 5.41) is 0.258. The van der Waals surface area contributed by atoms with Crippen LogP contribution in [0.4, 0.5) is 0 Å². The summed E-state index contributed by atoms with van der Waals surface area (Å²) < 4.78 is 5.09. The van der Waals surface area contributed by atoms with E-state index >= 15 is 0 Å². The molecule has 1 saturated heterocycles. The van der Waals surface area contributed by atoms with Gasteiger partial charge in [-0.1, -0.05) is 12.2 Å². The summed E-state index contributed by atoms with van der Waals surface area (Å²) >= 11 is 6.20. The molecule has 0 aromatic heterocycles. The lowest BCUT2D eigenvalue weighted by atomic mass is 10.2. The van der Waals surface area contributed by atoms with Gasteiger partial charge in [-0.05, 0) is 12.8 Å². The van der Waals surface area contributed by atoms with Crippen molar-refractivity contribution in [3.8, 4) is 0 Å². The Labute approximate surface area is 64.3 Å². The van der Waals surface area contributed by atoms with Crippen LogP contribution in [-0.4, -0.2) is 16.8 Å². The van der Waals surface area contributed by atoms with Gasteiger partial charge >= 0.3 is 0 Å². The predicted octanol–water partition coefficient (Wildman–Crippen LogP) is 1.10. The highest BCUT2D eigenvalue weighted by molar-refractivity contribution is 7.97. The molecule has 2 N–H and O–H groups in total. The topological polar surface area (TPSA) is 35.2 Å². The Hall–Kier alpha value is 0.200. The van der Waals surface area contributed by atoms with E-state index < -0.39 is 0 Å². The Balaban J connectivity index is 2.31. The van der Waals surface area contributed by atoms with E-state index in [9.17, 15) is 0 Å². The molecular weight excluding hydrogens is 154 g/mol. The van der Waals surface area contributed by atoms with E-state index in [4.69, 9.17) is 22.1 Å². The van der Waals surface area contributed by atoms with Gasteiger partial charge in [0.1, 0.15) is 0 Å². The molecule has 0 radical (unpaired) electrons. The van der Waals surface area contributed by atoms with Gasteiger partial charge < -0.3 is 9.92 Å². The Morgan fingerprint density at radius 2 is 2.56 bits per heavy atom. The average Bonchev–Trinajstić information content (AvgIpc) is 1.90. The van der Waals surface area contributed by atoms with Crippen LogP contribution in [0.1, 0.15) is 12.8 Å². The number of hydrogen-bond donors (Lipinski definition) is 1. The first-order valence-electron chi connectivity index (χ1n) is 2.88. The van der Waals surface area contributed by atoms with E-state index in [1.807, 2.05) is 0 Å². The number of rotatable bonds is 1. The lowest BCUT2D eigenvalue weighted by Gasteiger charge is -2.18. The van der Waals surface area contributed by atoms with Gasteiger partial charge in [0.15, 0.2) is 0 Å². The second-order valence-corrected chi connectivity index (χ2v) is 3.42.